The largest absolute Gasteiger partial charge is 0.404 e. The Morgan fingerprint density at radius 1 is 1.28 bits per heavy atom. The number of hydrogen-bond donors (Lipinski definition) is 5. The molecule has 0 bridgehead atoms. The van der Waals surface area contributed by atoms with Crippen LogP contribution in [0.25, 0.3) is 11.3 Å². The first-order valence-corrected chi connectivity index (χ1v) is 8.57. The van der Waals surface area contributed by atoms with Gasteiger partial charge in [-0.1, -0.05) is 0 Å². The molecule has 0 aliphatic rings. The summed E-state index contributed by atoms with van der Waals surface area (Å²) in [6.45, 7) is 1.76. The number of carbonyl (C=O) groups excluding carboxylic acids is 2. The molecule has 0 saturated carbocycles. The lowest BCUT2D eigenvalue weighted by atomic mass is 10.2. The third kappa shape index (κ3) is 4.11. The van der Waals surface area contributed by atoms with E-state index in [0.29, 0.717) is 25.5 Å². The number of hydrogen-bond acceptors (Lipinski definition) is 8. The van der Waals surface area contributed by atoms with Gasteiger partial charge in [-0.25, -0.2) is 4.98 Å². The van der Waals surface area contributed by atoms with E-state index in [0.717, 1.165) is 29.3 Å². The Morgan fingerprint density at radius 2 is 2.00 bits per heavy atom. The highest BCUT2D eigenvalue weighted by Crippen LogP contribution is 2.29. The number of thiophene rings is 1. The van der Waals surface area contributed by atoms with Crippen LogP contribution in [0.15, 0.2) is 24.5 Å². The van der Waals surface area contributed by atoms with Gasteiger partial charge in [0.2, 0.25) is 0 Å². The van der Waals surface area contributed by atoms with Crippen LogP contribution >= 0.6 is 22.7 Å². The van der Waals surface area contributed by atoms with Gasteiger partial charge in [0.25, 0.3) is 11.8 Å². The molecule has 0 radical (unpaired) electrons. The Hall–Kier alpha value is -2.98. The minimum atomic E-state index is -0.554. The molecule has 130 valence electrons. The monoisotopic (exact) mass is 376 g/mol. The predicted molar refractivity (Wildman–Crippen MR) is 101 cm³/mol. The zero-order chi connectivity index (χ0) is 18.6. The summed E-state index contributed by atoms with van der Waals surface area (Å²) in [6.07, 6.45) is 5.15. The quantitative estimate of drug-likeness (QED) is 0.381. The summed E-state index contributed by atoms with van der Waals surface area (Å²) in [5.74, 6) is -1.01. The number of amides is 2. The fraction of sp³-hybridized carbons (Fsp3) is 0.0667. The number of carbonyl (C=O) groups is 2. The van der Waals surface area contributed by atoms with Crippen LogP contribution in [0, 0.1) is 12.3 Å². The van der Waals surface area contributed by atoms with Crippen LogP contribution in [-0.2, 0) is 4.79 Å². The number of thiazole rings is 1. The third-order valence-corrected chi connectivity index (χ3v) is 5.33. The lowest BCUT2D eigenvalue weighted by Crippen LogP contribution is -2.14. The molecule has 0 spiro atoms. The first-order chi connectivity index (χ1) is 11.9. The van der Waals surface area contributed by atoms with Gasteiger partial charge in [0.1, 0.15) is 5.01 Å². The third-order valence-electron chi connectivity index (χ3n) is 3.08. The molecule has 10 heteroatoms. The van der Waals surface area contributed by atoms with E-state index >= 15 is 0 Å². The number of aromatic nitrogens is 1. The van der Waals surface area contributed by atoms with E-state index in [9.17, 15) is 9.59 Å². The average Bonchev–Trinajstić information content (AvgIpc) is 3.16. The van der Waals surface area contributed by atoms with E-state index in [1.807, 2.05) is 0 Å². The maximum atomic E-state index is 12.5. The maximum Gasteiger partial charge on any atom is 0.260 e. The van der Waals surface area contributed by atoms with Crippen molar-refractivity contribution in [2.45, 2.75) is 6.92 Å². The molecule has 8 N–H and O–H groups in total. The van der Waals surface area contributed by atoms with E-state index < -0.39 is 11.8 Å². The van der Waals surface area contributed by atoms with Crippen LogP contribution in [0.1, 0.15) is 25.1 Å². The number of nitrogens with one attached hydrogen (secondary N) is 2. The molecule has 8 nitrogen and oxygen atoms in total. The second kappa shape index (κ2) is 7.73. The molecular formula is C15H16N6O2S2. The Labute approximate surface area is 151 Å². The van der Waals surface area contributed by atoms with E-state index in [1.54, 1.807) is 13.0 Å². The average molecular weight is 376 g/mol. The summed E-state index contributed by atoms with van der Waals surface area (Å²) in [5.41, 5.74) is 17.9. The number of nitrogens with two attached hydrogens (primary N) is 3. The summed E-state index contributed by atoms with van der Waals surface area (Å²) in [7, 11) is 0. The van der Waals surface area contributed by atoms with Crippen LogP contribution in [0.5, 0.6) is 0 Å². The SMILES string of the molecule is Cc1cc(C(N)=O)sc1NC(=O)C(=CN)c1ncc(C(N)=CC=N)s1. The van der Waals surface area contributed by atoms with Crippen molar-refractivity contribution >= 4 is 57.0 Å². The van der Waals surface area contributed by atoms with Crippen molar-refractivity contribution in [3.63, 3.8) is 0 Å². The molecule has 2 heterocycles. The van der Waals surface area contributed by atoms with Crippen molar-refractivity contribution in [3.05, 3.63) is 44.9 Å². The van der Waals surface area contributed by atoms with E-state index in [4.69, 9.17) is 22.6 Å². The molecule has 0 aliphatic heterocycles. The molecule has 2 rings (SSSR count). The highest BCUT2D eigenvalue weighted by atomic mass is 32.1. The zero-order valence-corrected chi connectivity index (χ0v) is 14.8. The molecule has 25 heavy (non-hydrogen) atoms. The van der Waals surface area contributed by atoms with Crippen molar-refractivity contribution in [2.24, 2.45) is 17.2 Å². The van der Waals surface area contributed by atoms with Crippen molar-refractivity contribution in [2.75, 3.05) is 5.32 Å². The van der Waals surface area contributed by atoms with Gasteiger partial charge in [0, 0.05) is 18.6 Å². The Bertz CT molecular complexity index is 894. The standard InChI is InChI=1S/C15H16N6O2S2/c1-7-4-10(12(19)22)24-14(7)21-13(23)8(5-17)15-20-6-11(25-15)9(18)2-3-16/h2-6,16H,17-18H2,1H3,(H2,19,22)(H,21,23). The van der Waals surface area contributed by atoms with Crippen LogP contribution in [0.3, 0.4) is 0 Å². The first-order valence-electron chi connectivity index (χ1n) is 6.93. The van der Waals surface area contributed by atoms with Crippen LogP contribution in [0.4, 0.5) is 5.00 Å². The van der Waals surface area contributed by atoms with Gasteiger partial charge < -0.3 is 27.9 Å². The second-order valence-electron chi connectivity index (χ2n) is 4.84. The number of anilines is 1. The van der Waals surface area contributed by atoms with Crippen molar-refractivity contribution < 1.29 is 9.59 Å². The summed E-state index contributed by atoms with van der Waals surface area (Å²) < 4.78 is 0. The summed E-state index contributed by atoms with van der Waals surface area (Å²) in [6, 6.07) is 1.61. The maximum absolute atomic E-state index is 12.5. The van der Waals surface area contributed by atoms with Gasteiger partial charge in [-0.3, -0.25) is 9.59 Å². The Kier molecular flexibility index (Phi) is 5.67. The molecule has 2 amide bonds. The van der Waals surface area contributed by atoms with Gasteiger partial charge >= 0.3 is 0 Å². The van der Waals surface area contributed by atoms with E-state index in [2.05, 4.69) is 10.3 Å². The molecule has 2 aromatic heterocycles. The number of allylic oxidation sites excluding steroid dienone is 1. The molecule has 0 saturated heterocycles. The molecule has 0 aliphatic carbocycles. The fourth-order valence-electron chi connectivity index (χ4n) is 1.85. The topological polar surface area (TPSA) is 161 Å². The minimum Gasteiger partial charge on any atom is -0.404 e. The molecule has 0 fully saturated rings. The van der Waals surface area contributed by atoms with Crippen LogP contribution in [-0.4, -0.2) is 23.0 Å². The first kappa shape index (κ1) is 18.4. The summed E-state index contributed by atoms with van der Waals surface area (Å²) in [4.78, 5) is 28.9. The Balaban J connectivity index is 2.24. The lowest BCUT2D eigenvalue weighted by Gasteiger charge is -2.05. The number of nitrogens with zero attached hydrogens (tertiary/aromatic N) is 1. The zero-order valence-electron chi connectivity index (χ0n) is 13.2. The summed E-state index contributed by atoms with van der Waals surface area (Å²) in [5, 5.41) is 10.6. The number of aryl methyl sites for hydroxylation is 1. The predicted octanol–water partition coefficient (Wildman–Crippen LogP) is 1.50. The van der Waals surface area contributed by atoms with Gasteiger partial charge in [0.05, 0.1) is 26.0 Å². The van der Waals surface area contributed by atoms with Gasteiger partial charge in [-0.05, 0) is 24.6 Å². The van der Waals surface area contributed by atoms with Crippen molar-refractivity contribution in [1.82, 2.24) is 4.98 Å². The molecular weight excluding hydrogens is 360 g/mol. The normalized spacial score (nSPS) is 12.0. The number of rotatable bonds is 6. The Morgan fingerprint density at radius 3 is 2.56 bits per heavy atom. The highest BCUT2D eigenvalue weighted by Gasteiger charge is 2.19. The molecule has 2 aromatic rings. The van der Waals surface area contributed by atoms with Crippen molar-refractivity contribution in [1.29, 1.82) is 5.41 Å². The lowest BCUT2D eigenvalue weighted by molar-refractivity contribution is -0.111. The minimum absolute atomic E-state index is 0.173. The fourth-order valence-corrected chi connectivity index (χ4v) is 3.64. The van der Waals surface area contributed by atoms with E-state index in [1.165, 1.54) is 23.6 Å². The smallest absolute Gasteiger partial charge is 0.260 e. The van der Waals surface area contributed by atoms with Crippen molar-refractivity contribution in [3.8, 4) is 0 Å². The van der Waals surface area contributed by atoms with Gasteiger partial charge in [0.15, 0.2) is 0 Å². The van der Waals surface area contributed by atoms with Crippen LogP contribution < -0.4 is 22.5 Å². The second-order valence-corrected chi connectivity index (χ2v) is 6.92. The van der Waals surface area contributed by atoms with Crippen LogP contribution in [0.2, 0.25) is 0 Å². The van der Waals surface area contributed by atoms with Gasteiger partial charge in [-0.2, -0.15) is 0 Å². The molecule has 0 unspecified atom stereocenters. The molecule has 0 atom stereocenters. The summed E-state index contributed by atoms with van der Waals surface area (Å²) >= 11 is 2.27. The number of primary amides is 1. The van der Waals surface area contributed by atoms with E-state index in [-0.39, 0.29) is 5.57 Å². The highest BCUT2D eigenvalue weighted by molar-refractivity contribution is 7.18. The molecule has 0 aromatic carbocycles. The van der Waals surface area contributed by atoms with Gasteiger partial charge in [-0.15, -0.1) is 22.7 Å².